The molecule has 0 atom stereocenters. The van der Waals surface area contributed by atoms with Gasteiger partial charge in [0.15, 0.2) is 0 Å². The molecule has 0 saturated carbocycles. The first-order valence-corrected chi connectivity index (χ1v) is 17.0. The molecule has 10 rings (SSSR count). The van der Waals surface area contributed by atoms with Crippen molar-refractivity contribution in [1.82, 2.24) is 4.98 Å². The maximum atomic E-state index is 5.16. The summed E-state index contributed by atoms with van der Waals surface area (Å²) < 4.78 is 0. The number of hydrogen-bond acceptors (Lipinski definition) is 1. The second kappa shape index (κ2) is 10.9. The Labute approximate surface area is 286 Å². The average molecular weight is 622 g/mol. The molecule has 1 heterocycles. The van der Waals surface area contributed by atoms with Crippen LogP contribution in [-0.2, 0) is 5.41 Å². The number of hydrogen-bond donors (Lipinski definition) is 0. The maximum absolute atomic E-state index is 5.16. The van der Waals surface area contributed by atoms with Gasteiger partial charge in [-0.3, -0.25) is 0 Å². The highest BCUT2D eigenvalue weighted by atomic mass is 14.7. The van der Waals surface area contributed by atoms with E-state index in [1.807, 2.05) is 6.07 Å². The first kappa shape index (κ1) is 27.8. The monoisotopic (exact) mass is 621 g/mol. The largest absolute Gasteiger partial charge is 0.248 e. The SMILES string of the molecule is c1ccc(-c2cc(-c3ccccc3)nc(-c3ccc(-c4ccc5c(c4)C4(c6ccccc6-c6ccccc64)c4ccccc4-5)cc3)c2)cc1. The lowest BCUT2D eigenvalue weighted by Crippen LogP contribution is -2.25. The first-order valence-electron chi connectivity index (χ1n) is 17.0. The fraction of sp³-hybridized carbons (Fsp3) is 0.0208. The van der Waals surface area contributed by atoms with Crippen LogP contribution in [0.4, 0.5) is 0 Å². The van der Waals surface area contributed by atoms with Crippen LogP contribution in [0.2, 0.25) is 0 Å². The zero-order valence-corrected chi connectivity index (χ0v) is 26.8. The molecule has 1 heteroatoms. The van der Waals surface area contributed by atoms with Gasteiger partial charge in [0, 0.05) is 11.1 Å². The van der Waals surface area contributed by atoms with Crippen LogP contribution in [0.15, 0.2) is 188 Å². The van der Waals surface area contributed by atoms with E-state index in [9.17, 15) is 0 Å². The van der Waals surface area contributed by atoms with Gasteiger partial charge in [-0.2, -0.15) is 0 Å². The number of benzene rings is 7. The summed E-state index contributed by atoms with van der Waals surface area (Å²) in [6.45, 7) is 0. The normalized spacial score (nSPS) is 13.1. The van der Waals surface area contributed by atoms with Gasteiger partial charge >= 0.3 is 0 Å². The summed E-state index contributed by atoms with van der Waals surface area (Å²) in [5.74, 6) is 0. The maximum Gasteiger partial charge on any atom is 0.0725 e. The molecule has 8 aromatic rings. The molecule has 0 aliphatic heterocycles. The zero-order chi connectivity index (χ0) is 32.4. The van der Waals surface area contributed by atoms with E-state index in [0.717, 1.165) is 28.1 Å². The standard InChI is InChI=1S/C48H31N/c1-3-13-32(14-4-1)37-30-46(34-15-5-2-6-16-34)49-47(31-37)35-25-23-33(24-26-35)36-27-28-41-40-19-9-12-22-44(40)48(45(41)29-36)42-20-10-7-17-38(42)39-18-8-11-21-43(39)48/h1-31H. The molecule has 0 bridgehead atoms. The topological polar surface area (TPSA) is 12.9 Å². The molecule has 49 heavy (non-hydrogen) atoms. The van der Waals surface area contributed by atoms with Gasteiger partial charge in [0.2, 0.25) is 0 Å². The van der Waals surface area contributed by atoms with E-state index in [1.54, 1.807) is 0 Å². The number of aromatic nitrogens is 1. The van der Waals surface area contributed by atoms with Crippen molar-refractivity contribution in [2.75, 3.05) is 0 Å². The molecule has 0 fully saturated rings. The molecule has 1 aromatic heterocycles. The van der Waals surface area contributed by atoms with Crippen molar-refractivity contribution < 1.29 is 0 Å². The van der Waals surface area contributed by atoms with Gasteiger partial charge in [-0.25, -0.2) is 4.98 Å². The Morgan fingerprint density at radius 2 is 0.653 bits per heavy atom. The van der Waals surface area contributed by atoms with Crippen molar-refractivity contribution in [3.05, 3.63) is 210 Å². The Kier molecular flexibility index (Phi) is 6.16. The molecule has 1 spiro atoms. The lowest BCUT2D eigenvalue weighted by atomic mass is 9.70. The summed E-state index contributed by atoms with van der Waals surface area (Å²) in [4.78, 5) is 5.16. The molecule has 7 aromatic carbocycles. The van der Waals surface area contributed by atoms with Crippen LogP contribution in [0.5, 0.6) is 0 Å². The summed E-state index contributed by atoms with van der Waals surface area (Å²) >= 11 is 0. The second-order valence-electron chi connectivity index (χ2n) is 13.1. The Balaban J connectivity index is 1.10. The molecule has 0 N–H and O–H groups in total. The van der Waals surface area contributed by atoms with Gasteiger partial charge in [-0.15, -0.1) is 0 Å². The summed E-state index contributed by atoms with van der Waals surface area (Å²) in [5.41, 5.74) is 19.3. The van der Waals surface area contributed by atoms with Crippen LogP contribution in [0, 0.1) is 0 Å². The van der Waals surface area contributed by atoms with Crippen molar-refractivity contribution in [2.24, 2.45) is 0 Å². The van der Waals surface area contributed by atoms with Crippen LogP contribution < -0.4 is 0 Å². The molecular formula is C48H31N. The van der Waals surface area contributed by atoms with Crippen LogP contribution in [-0.4, -0.2) is 4.98 Å². The van der Waals surface area contributed by atoms with Crippen molar-refractivity contribution in [3.63, 3.8) is 0 Å². The lowest BCUT2D eigenvalue weighted by Gasteiger charge is -2.30. The number of rotatable bonds is 4. The van der Waals surface area contributed by atoms with Crippen LogP contribution in [0.25, 0.3) is 67.0 Å². The lowest BCUT2D eigenvalue weighted by molar-refractivity contribution is 0.794. The third-order valence-electron chi connectivity index (χ3n) is 10.5. The van der Waals surface area contributed by atoms with E-state index < -0.39 is 0 Å². The summed E-state index contributed by atoms with van der Waals surface area (Å²) in [5, 5.41) is 0. The Morgan fingerprint density at radius 1 is 0.265 bits per heavy atom. The van der Waals surface area contributed by atoms with Gasteiger partial charge in [0.25, 0.3) is 0 Å². The molecule has 2 aliphatic rings. The Bertz CT molecular complexity index is 2410. The molecule has 2 aliphatic carbocycles. The van der Waals surface area contributed by atoms with E-state index in [1.165, 1.54) is 61.2 Å². The van der Waals surface area contributed by atoms with Gasteiger partial charge in [0.05, 0.1) is 16.8 Å². The zero-order valence-electron chi connectivity index (χ0n) is 26.8. The smallest absolute Gasteiger partial charge is 0.0725 e. The second-order valence-corrected chi connectivity index (χ2v) is 13.1. The summed E-state index contributed by atoms with van der Waals surface area (Å²) in [6.07, 6.45) is 0. The Hall–Kier alpha value is -6.31. The predicted octanol–water partition coefficient (Wildman–Crippen LogP) is 12.1. The summed E-state index contributed by atoms with van der Waals surface area (Å²) in [7, 11) is 0. The minimum absolute atomic E-state index is 0.343. The van der Waals surface area contributed by atoms with Crippen LogP contribution in [0.3, 0.4) is 0 Å². The van der Waals surface area contributed by atoms with Gasteiger partial charge < -0.3 is 0 Å². The van der Waals surface area contributed by atoms with E-state index in [-0.39, 0.29) is 5.41 Å². The van der Waals surface area contributed by atoms with Gasteiger partial charge in [-0.1, -0.05) is 170 Å². The van der Waals surface area contributed by atoms with Gasteiger partial charge in [0.1, 0.15) is 0 Å². The molecule has 0 unspecified atom stereocenters. The predicted molar refractivity (Wildman–Crippen MR) is 202 cm³/mol. The highest BCUT2D eigenvalue weighted by Crippen LogP contribution is 2.63. The number of nitrogens with zero attached hydrogens (tertiary/aromatic N) is 1. The van der Waals surface area contributed by atoms with Crippen LogP contribution >= 0.6 is 0 Å². The van der Waals surface area contributed by atoms with Crippen molar-refractivity contribution in [2.45, 2.75) is 5.41 Å². The number of fused-ring (bicyclic) bond motifs is 10. The minimum Gasteiger partial charge on any atom is -0.248 e. The molecule has 0 saturated heterocycles. The highest BCUT2D eigenvalue weighted by Gasteiger charge is 2.51. The van der Waals surface area contributed by atoms with Crippen LogP contribution in [0.1, 0.15) is 22.3 Å². The van der Waals surface area contributed by atoms with E-state index in [4.69, 9.17) is 4.98 Å². The van der Waals surface area contributed by atoms with E-state index in [2.05, 4.69) is 182 Å². The molecule has 1 nitrogen and oxygen atoms in total. The average Bonchev–Trinajstić information content (AvgIpc) is 3.66. The molecule has 228 valence electrons. The third-order valence-corrected chi connectivity index (χ3v) is 10.5. The highest BCUT2D eigenvalue weighted by molar-refractivity contribution is 5.96. The fourth-order valence-corrected chi connectivity index (χ4v) is 8.34. The van der Waals surface area contributed by atoms with Gasteiger partial charge in [-0.05, 0) is 85.0 Å². The number of pyridine rings is 1. The van der Waals surface area contributed by atoms with Crippen molar-refractivity contribution in [1.29, 1.82) is 0 Å². The minimum atomic E-state index is -0.343. The molecular weight excluding hydrogens is 591 g/mol. The summed E-state index contributed by atoms with van der Waals surface area (Å²) in [6, 6.07) is 68.4. The van der Waals surface area contributed by atoms with E-state index >= 15 is 0 Å². The van der Waals surface area contributed by atoms with Crippen molar-refractivity contribution in [3.8, 4) is 67.0 Å². The Morgan fingerprint density at radius 3 is 1.20 bits per heavy atom. The third kappa shape index (κ3) is 4.16. The quantitative estimate of drug-likeness (QED) is 0.191. The first-order chi connectivity index (χ1) is 24.3. The fourth-order valence-electron chi connectivity index (χ4n) is 8.34. The molecule has 0 amide bonds. The van der Waals surface area contributed by atoms with E-state index in [0.29, 0.717) is 0 Å². The van der Waals surface area contributed by atoms with Crippen molar-refractivity contribution >= 4 is 0 Å². The molecule has 0 radical (unpaired) electrons.